The van der Waals surface area contributed by atoms with E-state index in [1.165, 1.54) is 5.56 Å². The van der Waals surface area contributed by atoms with Crippen molar-refractivity contribution in [2.75, 3.05) is 17.2 Å². The molecule has 1 atom stereocenters. The van der Waals surface area contributed by atoms with Gasteiger partial charge in [0.05, 0.1) is 0 Å². The van der Waals surface area contributed by atoms with Gasteiger partial charge in [0.2, 0.25) is 0 Å². The van der Waals surface area contributed by atoms with Crippen LogP contribution in [0.3, 0.4) is 0 Å². The Labute approximate surface area is 111 Å². The molecule has 0 aliphatic carbocycles. The van der Waals surface area contributed by atoms with E-state index in [-0.39, 0.29) is 0 Å². The van der Waals surface area contributed by atoms with Crippen molar-refractivity contribution in [2.24, 2.45) is 5.92 Å². The second-order valence-corrected chi connectivity index (χ2v) is 5.01. The van der Waals surface area contributed by atoms with E-state index in [4.69, 9.17) is 0 Å². The van der Waals surface area contributed by atoms with E-state index in [0.717, 1.165) is 31.0 Å². The minimum Gasteiger partial charge on any atom is -0.370 e. The fourth-order valence-electron chi connectivity index (χ4n) is 1.65. The van der Waals surface area contributed by atoms with Crippen molar-refractivity contribution in [1.29, 1.82) is 0 Å². The first-order valence-electron chi connectivity index (χ1n) is 6.94. The second kappa shape index (κ2) is 7.19. The summed E-state index contributed by atoms with van der Waals surface area (Å²) in [6.45, 7) is 11.8. The molecule has 4 heteroatoms. The van der Waals surface area contributed by atoms with Gasteiger partial charge in [0.15, 0.2) is 0 Å². The summed E-state index contributed by atoms with van der Waals surface area (Å²) < 4.78 is 0. The van der Waals surface area contributed by atoms with Crippen molar-refractivity contribution < 1.29 is 0 Å². The summed E-state index contributed by atoms with van der Waals surface area (Å²) in [4.78, 5) is 8.72. The topological polar surface area (TPSA) is 49.8 Å². The molecule has 0 fully saturated rings. The van der Waals surface area contributed by atoms with Crippen LogP contribution in [0.4, 0.5) is 11.6 Å². The van der Waals surface area contributed by atoms with Crippen LogP contribution in [0.1, 0.15) is 46.6 Å². The Hall–Kier alpha value is -1.32. The van der Waals surface area contributed by atoms with E-state index in [2.05, 4.69) is 55.2 Å². The van der Waals surface area contributed by atoms with Gasteiger partial charge in [-0.2, -0.15) is 0 Å². The fraction of sp³-hybridized carbons (Fsp3) is 0.714. The van der Waals surface area contributed by atoms with Crippen LogP contribution in [-0.2, 0) is 6.42 Å². The zero-order chi connectivity index (χ0) is 13.5. The Morgan fingerprint density at radius 1 is 1.11 bits per heavy atom. The largest absolute Gasteiger partial charge is 0.370 e. The van der Waals surface area contributed by atoms with E-state index in [1.807, 2.05) is 0 Å². The van der Waals surface area contributed by atoms with Crippen LogP contribution >= 0.6 is 0 Å². The molecule has 1 aromatic rings. The van der Waals surface area contributed by atoms with E-state index in [0.29, 0.717) is 12.0 Å². The highest BCUT2D eigenvalue weighted by Crippen LogP contribution is 2.22. The molecular formula is C14H26N4. The predicted molar refractivity (Wildman–Crippen MR) is 78.1 cm³/mol. The first kappa shape index (κ1) is 14.7. The van der Waals surface area contributed by atoms with Crippen molar-refractivity contribution in [3.63, 3.8) is 0 Å². The lowest BCUT2D eigenvalue weighted by atomic mass is 10.1. The third-order valence-electron chi connectivity index (χ3n) is 3.21. The Morgan fingerprint density at radius 3 is 2.33 bits per heavy atom. The van der Waals surface area contributed by atoms with E-state index in [1.54, 1.807) is 6.33 Å². The molecule has 0 amide bonds. The molecule has 0 aliphatic heterocycles. The van der Waals surface area contributed by atoms with Crippen LogP contribution in [0.5, 0.6) is 0 Å². The molecule has 0 aromatic carbocycles. The maximum absolute atomic E-state index is 4.38. The molecular weight excluding hydrogens is 224 g/mol. The summed E-state index contributed by atoms with van der Waals surface area (Å²) in [6.07, 6.45) is 3.66. The zero-order valence-corrected chi connectivity index (χ0v) is 12.2. The standard InChI is InChI=1S/C14H26N4/c1-6-8-15-13-12(7-2)14(17-9-16-13)18-11(5)10(3)4/h9-11H,6-8H2,1-5H3,(H2,15,16,17,18). The molecule has 4 nitrogen and oxygen atoms in total. The van der Waals surface area contributed by atoms with Gasteiger partial charge in [-0.3, -0.25) is 0 Å². The third-order valence-corrected chi connectivity index (χ3v) is 3.21. The highest BCUT2D eigenvalue weighted by atomic mass is 15.1. The van der Waals surface area contributed by atoms with Crippen LogP contribution < -0.4 is 10.6 Å². The zero-order valence-electron chi connectivity index (χ0n) is 12.2. The van der Waals surface area contributed by atoms with Crippen molar-refractivity contribution >= 4 is 11.6 Å². The van der Waals surface area contributed by atoms with Gasteiger partial charge in [0, 0.05) is 18.2 Å². The van der Waals surface area contributed by atoms with E-state index < -0.39 is 0 Å². The van der Waals surface area contributed by atoms with Gasteiger partial charge in [0.1, 0.15) is 18.0 Å². The maximum Gasteiger partial charge on any atom is 0.134 e. The molecule has 0 saturated carbocycles. The summed E-state index contributed by atoms with van der Waals surface area (Å²) in [6, 6.07) is 0.407. The predicted octanol–water partition coefficient (Wildman–Crippen LogP) is 3.32. The molecule has 0 spiro atoms. The van der Waals surface area contributed by atoms with Crippen molar-refractivity contribution in [2.45, 2.75) is 53.5 Å². The van der Waals surface area contributed by atoms with Crippen molar-refractivity contribution in [1.82, 2.24) is 9.97 Å². The summed E-state index contributed by atoms with van der Waals surface area (Å²) in [7, 11) is 0. The number of anilines is 2. The lowest BCUT2D eigenvalue weighted by molar-refractivity contribution is 0.557. The van der Waals surface area contributed by atoms with Crippen LogP contribution in [-0.4, -0.2) is 22.6 Å². The van der Waals surface area contributed by atoms with Gasteiger partial charge in [-0.25, -0.2) is 9.97 Å². The Bertz CT molecular complexity index is 363. The third kappa shape index (κ3) is 3.86. The summed E-state index contributed by atoms with van der Waals surface area (Å²) in [5.41, 5.74) is 1.18. The summed E-state index contributed by atoms with van der Waals surface area (Å²) in [5, 5.41) is 6.85. The molecule has 0 saturated heterocycles. The molecule has 18 heavy (non-hydrogen) atoms. The first-order chi connectivity index (χ1) is 8.60. The smallest absolute Gasteiger partial charge is 0.134 e. The molecule has 1 rings (SSSR count). The van der Waals surface area contributed by atoms with Crippen LogP contribution in [0.2, 0.25) is 0 Å². The number of nitrogens with one attached hydrogen (secondary N) is 2. The fourth-order valence-corrected chi connectivity index (χ4v) is 1.65. The van der Waals surface area contributed by atoms with Gasteiger partial charge in [-0.15, -0.1) is 0 Å². The van der Waals surface area contributed by atoms with Crippen LogP contribution in [0, 0.1) is 5.92 Å². The van der Waals surface area contributed by atoms with Crippen LogP contribution in [0.25, 0.3) is 0 Å². The first-order valence-corrected chi connectivity index (χ1v) is 6.94. The molecule has 1 heterocycles. The van der Waals surface area contributed by atoms with Crippen molar-refractivity contribution in [3.8, 4) is 0 Å². The van der Waals surface area contributed by atoms with Gasteiger partial charge < -0.3 is 10.6 Å². The second-order valence-electron chi connectivity index (χ2n) is 5.01. The average Bonchev–Trinajstić information content (AvgIpc) is 2.36. The van der Waals surface area contributed by atoms with Gasteiger partial charge in [-0.1, -0.05) is 27.7 Å². The highest BCUT2D eigenvalue weighted by Gasteiger charge is 2.13. The molecule has 2 N–H and O–H groups in total. The minimum absolute atomic E-state index is 0.407. The number of rotatable bonds is 7. The Kier molecular flexibility index (Phi) is 5.89. The van der Waals surface area contributed by atoms with E-state index >= 15 is 0 Å². The lowest BCUT2D eigenvalue weighted by Gasteiger charge is -2.21. The monoisotopic (exact) mass is 250 g/mol. The van der Waals surface area contributed by atoms with Gasteiger partial charge in [0.25, 0.3) is 0 Å². The van der Waals surface area contributed by atoms with E-state index in [9.17, 15) is 0 Å². The molecule has 0 bridgehead atoms. The molecule has 0 aliphatic rings. The Balaban J connectivity index is 2.90. The average molecular weight is 250 g/mol. The Morgan fingerprint density at radius 2 is 1.78 bits per heavy atom. The summed E-state index contributed by atoms with van der Waals surface area (Å²) in [5.74, 6) is 2.51. The molecule has 1 aromatic heterocycles. The molecule has 0 radical (unpaired) electrons. The number of hydrogen-bond acceptors (Lipinski definition) is 4. The highest BCUT2D eigenvalue weighted by molar-refractivity contribution is 5.57. The number of hydrogen-bond donors (Lipinski definition) is 2. The maximum atomic E-state index is 4.38. The van der Waals surface area contributed by atoms with Gasteiger partial charge in [-0.05, 0) is 25.7 Å². The minimum atomic E-state index is 0.407. The normalized spacial score (nSPS) is 12.6. The number of aromatic nitrogens is 2. The molecule has 102 valence electrons. The number of nitrogens with zero attached hydrogens (tertiary/aromatic N) is 2. The SMILES string of the molecule is CCCNc1ncnc(NC(C)C(C)C)c1CC. The van der Waals surface area contributed by atoms with Crippen LogP contribution in [0.15, 0.2) is 6.33 Å². The van der Waals surface area contributed by atoms with Crippen molar-refractivity contribution in [3.05, 3.63) is 11.9 Å². The quantitative estimate of drug-likeness (QED) is 0.779. The summed E-state index contributed by atoms with van der Waals surface area (Å²) >= 11 is 0. The molecule has 1 unspecified atom stereocenters. The lowest BCUT2D eigenvalue weighted by Crippen LogP contribution is -2.23. The van der Waals surface area contributed by atoms with Gasteiger partial charge >= 0.3 is 0 Å².